The first-order chi connectivity index (χ1) is 8.16. The van der Waals surface area contributed by atoms with Crippen molar-refractivity contribution in [2.45, 2.75) is 19.4 Å². The van der Waals surface area contributed by atoms with Crippen molar-refractivity contribution >= 4 is 11.8 Å². The predicted octanol–water partition coefficient (Wildman–Crippen LogP) is -0.812. The van der Waals surface area contributed by atoms with Crippen LogP contribution in [0.5, 0.6) is 0 Å². The molecule has 1 aliphatic rings. The van der Waals surface area contributed by atoms with Gasteiger partial charge in [-0.25, -0.2) is 0 Å². The molecule has 7 nitrogen and oxygen atoms in total. The third-order valence-corrected chi connectivity index (χ3v) is 2.77. The Morgan fingerprint density at radius 1 is 1.41 bits per heavy atom. The van der Waals surface area contributed by atoms with E-state index in [4.69, 9.17) is 0 Å². The number of hydrogen-bond acceptors (Lipinski definition) is 4. The van der Waals surface area contributed by atoms with Crippen LogP contribution in [0.3, 0.4) is 0 Å². The zero-order valence-electron chi connectivity index (χ0n) is 9.67. The van der Waals surface area contributed by atoms with Gasteiger partial charge in [0, 0.05) is 20.0 Å². The SMILES string of the molecule is CC(=O)NCC(=O)N1CCC(n2nccn2)C1. The van der Waals surface area contributed by atoms with Crippen LogP contribution in [-0.2, 0) is 9.59 Å². The van der Waals surface area contributed by atoms with Gasteiger partial charge < -0.3 is 10.2 Å². The summed E-state index contributed by atoms with van der Waals surface area (Å²) in [6, 6.07) is 0.145. The number of aromatic nitrogens is 3. The molecule has 0 bridgehead atoms. The lowest BCUT2D eigenvalue weighted by molar-refractivity contribution is -0.131. The lowest BCUT2D eigenvalue weighted by Crippen LogP contribution is -2.38. The van der Waals surface area contributed by atoms with Crippen molar-refractivity contribution in [1.82, 2.24) is 25.2 Å². The van der Waals surface area contributed by atoms with E-state index in [9.17, 15) is 9.59 Å². The molecule has 1 fully saturated rings. The molecule has 2 rings (SSSR count). The minimum Gasteiger partial charge on any atom is -0.347 e. The summed E-state index contributed by atoms with van der Waals surface area (Å²) in [4.78, 5) is 25.8. The third kappa shape index (κ3) is 2.80. The number of nitrogens with one attached hydrogen (secondary N) is 1. The van der Waals surface area contributed by atoms with Crippen molar-refractivity contribution < 1.29 is 9.59 Å². The van der Waals surface area contributed by atoms with E-state index in [2.05, 4.69) is 15.5 Å². The Labute approximate surface area is 98.8 Å². The number of carbonyl (C=O) groups excluding carboxylic acids is 2. The van der Waals surface area contributed by atoms with E-state index in [-0.39, 0.29) is 24.4 Å². The van der Waals surface area contributed by atoms with Crippen molar-refractivity contribution in [3.8, 4) is 0 Å². The zero-order valence-corrected chi connectivity index (χ0v) is 9.67. The van der Waals surface area contributed by atoms with Gasteiger partial charge in [-0.05, 0) is 6.42 Å². The fourth-order valence-corrected chi connectivity index (χ4v) is 1.88. The Kier molecular flexibility index (Phi) is 3.36. The first-order valence-electron chi connectivity index (χ1n) is 5.55. The van der Waals surface area contributed by atoms with Crippen LogP contribution in [0.1, 0.15) is 19.4 Å². The maximum atomic E-state index is 11.7. The van der Waals surface area contributed by atoms with Crippen LogP contribution in [-0.4, -0.2) is 51.3 Å². The first kappa shape index (κ1) is 11.6. The molecule has 1 aromatic heterocycles. The highest BCUT2D eigenvalue weighted by atomic mass is 16.2. The average molecular weight is 237 g/mol. The predicted molar refractivity (Wildman–Crippen MR) is 58.9 cm³/mol. The second kappa shape index (κ2) is 4.94. The van der Waals surface area contributed by atoms with Crippen LogP contribution in [0.4, 0.5) is 0 Å². The molecule has 2 heterocycles. The quantitative estimate of drug-likeness (QED) is 0.745. The molecule has 7 heteroatoms. The second-order valence-corrected chi connectivity index (χ2v) is 4.04. The summed E-state index contributed by atoms with van der Waals surface area (Å²) in [5, 5.41) is 10.6. The van der Waals surface area contributed by atoms with Crippen molar-refractivity contribution in [3.63, 3.8) is 0 Å². The van der Waals surface area contributed by atoms with Crippen molar-refractivity contribution in [1.29, 1.82) is 0 Å². The van der Waals surface area contributed by atoms with Gasteiger partial charge in [0.05, 0.1) is 25.0 Å². The van der Waals surface area contributed by atoms with Crippen LogP contribution >= 0.6 is 0 Å². The lowest BCUT2D eigenvalue weighted by atomic mass is 10.3. The van der Waals surface area contributed by atoms with Gasteiger partial charge >= 0.3 is 0 Å². The average Bonchev–Trinajstić information content (AvgIpc) is 2.94. The summed E-state index contributed by atoms with van der Waals surface area (Å²) in [7, 11) is 0. The highest BCUT2D eigenvalue weighted by molar-refractivity contribution is 5.83. The molecule has 2 amide bonds. The van der Waals surface area contributed by atoms with Gasteiger partial charge in [-0.1, -0.05) is 0 Å². The van der Waals surface area contributed by atoms with Crippen LogP contribution in [0.15, 0.2) is 12.4 Å². The molecular weight excluding hydrogens is 222 g/mol. The van der Waals surface area contributed by atoms with E-state index in [1.807, 2.05) is 0 Å². The van der Waals surface area contributed by atoms with E-state index in [1.54, 1.807) is 22.1 Å². The van der Waals surface area contributed by atoms with E-state index in [0.717, 1.165) is 6.42 Å². The third-order valence-electron chi connectivity index (χ3n) is 2.77. The van der Waals surface area contributed by atoms with Gasteiger partial charge in [0.15, 0.2) is 0 Å². The normalized spacial score (nSPS) is 19.4. The largest absolute Gasteiger partial charge is 0.347 e. The molecule has 1 N–H and O–H groups in total. The van der Waals surface area contributed by atoms with E-state index >= 15 is 0 Å². The van der Waals surface area contributed by atoms with Crippen molar-refractivity contribution in [2.75, 3.05) is 19.6 Å². The highest BCUT2D eigenvalue weighted by Crippen LogP contribution is 2.19. The highest BCUT2D eigenvalue weighted by Gasteiger charge is 2.28. The molecular formula is C10H15N5O2. The maximum Gasteiger partial charge on any atom is 0.242 e. The molecule has 0 spiro atoms. The zero-order chi connectivity index (χ0) is 12.3. The Morgan fingerprint density at radius 2 is 2.12 bits per heavy atom. The Morgan fingerprint density at radius 3 is 2.76 bits per heavy atom. The molecule has 1 aromatic rings. The van der Waals surface area contributed by atoms with Crippen molar-refractivity contribution in [3.05, 3.63) is 12.4 Å². The molecule has 0 aromatic carbocycles. The molecule has 1 aliphatic heterocycles. The number of carbonyl (C=O) groups is 2. The number of nitrogens with zero attached hydrogens (tertiary/aromatic N) is 4. The van der Waals surface area contributed by atoms with Crippen LogP contribution < -0.4 is 5.32 Å². The Bertz CT molecular complexity index is 403. The minimum atomic E-state index is -0.192. The molecule has 1 saturated heterocycles. The molecule has 1 unspecified atom stereocenters. The topological polar surface area (TPSA) is 80.1 Å². The molecule has 1 atom stereocenters. The summed E-state index contributed by atoms with van der Waals surface area (Å²) in [6.45, 7) is 2.75. The number of rotatable bonds is 3. The smallest absolute Gasteiger partial charge is 0.242 e. The summed E-state index contributed by atoms with van der Waals surface area (Å²) in [6.07, 6.45) is 4.10. The van der Waals surface area contributed by atoms with E-state index < -0.39 is 0 Å². The van der Waals surface area contributed by atoms with E-state index in [1.165, 1.54) is 6.92 Å². The van der Waals surface area contributed by atoms with Crippen LogP contribution in [0.25, 0.3) is 0 Å². The molecule has 92 valence electrons. The Balaban J connectivity index is 1.85. The van der Waals surface area contributed by atoms with Gasteiger partial charge in [0.1, 0.15) is 0 Å². The van der Waals surface area contributed by atoms with E-state index in [0.29, 0.717) is 13.1 Å². The molecule has 0 aliphatic carbocycles. The van der Waals surface area contributed by atoms with Gasteiger partial charge in [-0.3, -0.25) is 9.59 Å². The second-order valence-electron chi connectivity index (χ2n) is 4.04. The molecule has 0 saturated carbocycles. The minimum absolute atomic E-state index is 0.0603. The van der Waals surface area contributed by atoms with Crippen molar-refractivity contribution in [2.24, 2.45) is 0 Å². The fraction of sp³-hybridized carbons (Fsp3) is 0.600. The van der Waals surface area contributed by atoms with Gasteiger partial charge in [-0.15, -0.1) is 0 Å². The van der Waals surface area contributed by atoms with Gasteiger partial charge in [0.2, 0.25) is 11.8 Å². The standard InChI is InChI=1S/C10H15N5O2/c1-8(16)11-6-10(17)14-5-2-9(7-14)15-12-3-4-13-15/h3-4,9H,2,5-7H2,1H3,(H,11,16). The Hall–Kier alpha value is -1.92. The summed E-state index contributed by atoms with van der Waals surface area (Å²) in [5.41, 5.74) is 0. The van der Waals surface area contributed by atoms with Crippen LogP contribution in [0, 0.1) is 0 Å². The number of amides is 2. The fourth-order valence-electron chi connectivity index (χ4n) is 1.88. The summed E-state index contributed by atoms with van der Waals surface area (Å²) in [5.74, 6) is -0.252. The number of hydrogen-bond donors (Lipinski definition) is 1. The number of likely N-dealkylation sites (tertiary alicyclic amines) is 1. The summed E-state index contributed by atoms with van der Waals surface area (Å²) < 4.78 is 0. The molecule has 0 radical (unpaired) electrons. The monoisotopic (exact) mass is 237 g/mol. The lowest BCUT2D eigenvalue weighted by Gasteiger charge is -2.16. The molecule has 17 heavy (non-hydrogen) atoms. The van der Waals surface area contributed by atoms with Gasteiger partial charge in [0.25, 0.3) is 0 Å². The van der Waals surface area contributed by atoms with Crippen LogP contribution in [0.2, 0.25) is 0 Å². The van der Waals surface area contributed by atoms with Gasteiger partial charge in [-0.2, -0.15) is 15.0 Å². The maximum absolute atomic E-state index is 11.7. The summed E-state index contributed by atoms with van der Waals surface area (Å²) >= 11 is 0. The first-order valence-corrected chi connectivity index (χ1v) is 5.55.